The van der Waals surface area contributed by atoms with Crippen LogP contribution in [-0.2, 0) is 32.6 Å². The van der Waals surface area contributed by atoms with Gasteiger partial charge >= 0.3 is 0 Å². The summed E-state index contributed by atoms with van der Waals surface area (Å²) in [6, 6.07) is 28.8. The predicted molar refractivity (Wildman–Crippen MR) is 171 cm³/mol. The number of amides is 2. The molecule has 0 aliphatic heterocycles. The molecule has 7 nitrogen and oxygen atoms in total. The monoisotopic (exact) mass is 615 g/mol. The van der Waals surface area contributed by atoms with Gasteiger partial charge in [-0.15, -0.1) is 0 Å². The highest BCUT2D eigenvalue weighted by atomic mass is 32.2. The van der Waals surface area contributed by atoms with Crippen molar-refractivity contribution in [1.29, 1.82) is 0 Å². The van der Waals surface area contributed by atoms with Crippen LogP contribution in [-0.4, -0.2) is 43.8 Å². The second-order valence-corrected chi connectivity index (χ2v) is 12.6. The van der Waals surface area contributed by atoms with Gasteiger partial charge in [-0.2, -0.15) is 0 Å². The molecule has 4 rings (SSSR count). The SMILES string of the molecule is CC[C@H](C)NC(=O)[C@@H](Cc1ccccc1)N(Cc1ccc(F)cc1)C(=O)CN(c1ccccc1C)S(=O)(=O)c1ccccc1. The van der Waals surface area contributed by atoms with Crippen LogP contribution in [0.4, 0.5) is 10.1 Å². The predicted octanol–water partition coefficient (Wildman–Crippen LogP) is 5.88. The summed E-state index contributed by atoms with van der Waals surface area (Å²) in [5.41, 5.74) is 2.46. The third-order valence-electron chi connectivity index (χ3n) is 7.53. The van der Waals surface area contributed by atoms with Crippen molar-refractivity contribution in [3.8, 4) is 0 Å². The Morgan fingerprint density at radius 2 is 1.41 bits per heavy atom. The second-order valence-electron chi connectivity index (χ2n) is 10.8. The van der Waals surface area contributed by atoms with Crippen molar-refractivity contribution in [1.82, 2.24) is 10.2 Å². The Hall–Kier alpha value is -4.50. The molecule has 0 aliphatic carbocycles. The lowest BCUT2D eigenvalue weighted by atomic mass is 10.0. The standard InChI is InChI=1S/C35H38FN3O4S/c1-4-27(3)37-35(41)33(23-28-14-7-5-8-15-28)38(24-29-19-21-30(36)22-20-29)34(40)25-39(32-18-12-11-13-26(32)2)44(42,43)31-16-9-6-10-17-31/h5-22,27,33H,4,23-25H2,1-3H3,(H,37,41)/t27-,33+/m0/s1. The van der Waals surface area contributed by atoms with Gasteiger partial charge in [-0.1, -0.05) is 85.8 Å². The van der Waals surface area contributed by atoms with E-state index in [1.807, 2.05) is 44.2 Å². The van der Waals surface area contributed by atoms with Gasteiger partial charge in [0, 0.05) is 19.0 Å². The highest BCUT2D eigenvalue weighted by Crippen LogP contribution is 2.27. The van der Waals surface area contributed by atoms with Crippen molar-refractivity contribution >= 4 is 27.5 Å². The number of anilines is 1. The van der Waals surface area contributed by atoms with E-state index >= 15 is 0 Å². The lowest BCUT2D eigenvalue weighted by molar-refractivity contribution is -0.140. The Morgan fingerprint density at radius 3 is 2.02 bits per heavy atom. The molecule has 2 atom stereocenters. The maximum atomic E-state index is 14.4. The zero-order valence-electron chi connectivity index (χ0n) is 25.2. The average molecular weight is 616 g/mol. The number of carbonyl (C=O) groups is 2. The van der Waals surface area contributed by atoms with Gasteiger partial charge in [0.1, 0.15) is 18.4 Å². The lowest BCUT2D eigenvalue weighted by Crippen LogP contribution is -2.54. The van der Waals surface area contributed by atoms with E-state index in [4.69, 9.17) is 0 Å². The maximum absolute atomic E-state index is 14.4. The minimum atomic E-state index is -4.18. The first kappa shape index (κ1) is 32.4. The number of aryl methyl sites for hydroxylation is 1. The molecule has 0 heterocycles. The largest absolute Gasteiger partial charge is 0.352 e. The number of hydrogen-bond acceptors (Lipinski definition) is 4. The van der Waals surface area contributed by atoms with Gasteiger partial charge in [-0.25, -0.2) is 12.8 Å². The van der Waals surface area contributed by atoms with Gasteiger partial charge in [0.15, 0.2) is 0 Å². The topological polar surface area (TPSA) is 86.8 Å². The molecule has 2 amide bonds. The van der Waals surface area contributed by atoms with E-state index in [1.165, 1.54) is 29.2 Å². The first-order valence-electron chi connectivity index (χ1n) is 14.6. The summed E-state index contributed by atoms with van der Waals surface area (Å²) in [6.45, 7) is 5.03. The molecule has 0 spiro atoms. The molecule has 44 heavy (non-hydrogen) atoms. The minimum absolute atomic E-state index is 0.0302. The van der Waals surface area contributed by atoms with Gasteiger partial charge in [0.2, 0.25) is 11.8 Å². The van der Waals surface area contributed by atoms with Crippen LogP contribution in [0.2, 0.25) is 0 Å². The van der Waals surface area contributed by atoms with Crippen LogP contribution >= 0.6 is 0 Å². The zero-order chi connectivity index (χ0) is 31.7. The molecule has 0 fully saturated rings. The van der Waals surface area contributed by atoms with Crippen LogP contribution in [0.5, 0.6) is 0 Å². The Kier molecular flexibility index (Phi) is 10.9. The van der Waals surface area contributed by atoms with Crippen LogP contribution in [0.3, 0.4) is 0 Å². The van der Waals surface area contributed by atoms with Gasteiger partial charge in [-0.3, -0.25) is 13.9 Å². The highest BCUT2D eigenvalue weighted by Gasteiger charge is 2.35. The van der Waals surface area contributed by atoms with E-state index < -0.39 is 34.3 Å². The normalized spacial score (nSPS) is 12.6. The molecular formula is C35H38FN3O4S. The summed E-state index contributed by atoms with van der Waals surface area (Å²) in [5, 5.41) is 3.01. The smallest absolute Gasteiger partial charge is 0.264 e. The first-order valence-corrected chi connectivity index (χ1v) is 16.1. The summed E-state index contributed by atoms with van der Waals surface area (Å²) in [5.74, 6) is -1.36. The van der Waals surface area contributed by atoms with Crippen molar-refractivity contribution in [3.05, 3.63) is 132 Å². The molecule has 0 unspecified atom stereocenters. The summed E-state index contributed by atoms with van der Waals surface area (Å²) < 4.78 is 43.0. The van der Waals surface area contributed by atoms with Gasteiger partial charge in [-0.05, 0) is 67.3 Å². The fraction of sp³-hybridized carbons (Fsp3) is 0.257. The molecule has 0 saturated heterocycles. The Morgan fingerprint density at radius 1 is 0.818 bits per heavy atom. The molecular weight excluding hydrogens is 577 g/mol. The zero-order valence-corrected chi connectivity index (χ0v) is 26.0. The van der Waals surface area contributed by atoms with Crippen LogP contribution < -0.4 is 9.62 Å². The van der Waals surface area contributed by atoms with Crippen molar-refractivity contribution in [2.24, 2.45) is 0 Å². The molecule has 0 radical (unpaired) electrons. The van der Waals surface area contributed by atoms with E-state index in [-0.39, 0.29) is 29.8 Å². The van der Waals surface area contributed by atoms with E-state index in [1.54, 1.807) is 61.5 Å². The number of para-hydroxylation sites is 1. The molecule has 0 aromatic heterocycles. The molecule has 230 valence electrons. The molecule has 0 aliphatic rings. The quantitative estimate of drug-likeness (QED) is 0.203. The highest BCUT2D eigenvalue weighted by molar-refractivity contribution is 7.92. The third-order valence-corrected chi connectivity index (χ3v) is 9.31. The summed E-state index contributed by atoms with van der Waals surface area (Å²) in [7, 11) is -4.18. The average Bonchev–Trinajstić information content (AvgIpc) is 3.03. The number of nitrogens with one attached hydrogen (secondary N) is 1. The van der Waals surface area contributed by atoms with E-state index in [0.29, 0.717) is 23.2 Å². The van der Waals surface area contributed by atoms with E-state index in [2.05, 4.69) is 5.32 Å². The van der Waals surface area contributed by atoms with Crippen molar-refractivity contribution in [2.75, 3.05) is 10.8 Å². The second kappa shape index (κ2) is 14.8. The van der Waals surface area contributed by atoms with Crippen LogP contribution in [0.1, 0.15) is 37.0 Å². The summed E-state index contributed by atoms with van der Waals surface area (Å²) >= 11 is 0. The van der Waals surface area contributed by atoms with Crippen molar-refractivity contribution in [2.45, 2.75) is 57.1 Å². The fourth-order valence-corrected chi connectivity index (χ4v) is 6.36. The number of nitrogens with zero attached hydrogens (tertiary/aromatic N) is 2. The fourth-order valence-electron chi connectivity index (χ4n) is 4.86. The lowest BCUT2D eigenvalue weighted by Gasteiger charge is -2.34. The minimum Gasteiger partial charge on any atom is -0.352 e. The van der Waals surface area contributed by atoms with E-state index in [0.717, 1.165) is 9.87 Å². The molecule has 1 N–H and O–H groups in total. The third kappa shape index (κ3) is 8.11. The Balaban J connectivity index is 1.81. The number of sulfonamides is 1. The Bertz CT molecular complexity index is 1650. The summed E-state index contributed by atoms with van der Waals surface area (Å²) in [6.07, 6.45) is 0.887. The van der Waals surface area contributed by atoms with Crippen molar-refractivity contribution in [3.63, 3.8) is 0 Å². The van der Waals surface area contributed by atoms with Crippen molar-refractivity contribution < 1.29 is 22.4 Å². The molecule has 0 saturated carbocycles. The maximum Gasteiger partial charge on any atom is 0.264 e. The van der Waals surface area contributed by atoms with E-state index in [9.17, 15) is 22.4 Å². The number of carbonyl (C=O) groups excluding carboxylic acids is 2. The van der Waals surface area contributed by atoms with Gasteiger partial charge in [0.05, 0.1) is 10.6 Å². The number of halogens is 1. The molecule has 0 bridgehead atoms. The molecule has 4 aromatic carbocycles. The molecule has 9 heteroatoms. The number of hydrogen-bond donors (Lipinski definition) is 1. The Labute approximate surface area is 259 Å². The van der Waals surface area contributed by atoms with Crippen LogP contribution in [0.25, 0.3) is 0 Å². The molecule has 4 aromatic rings. The summed E-state index contributed by atoms with van der Waals surface area (Å²) in [4.78, 5) is 29.7. The van der Waals surface area contributed by atoms with Crippen LogP contribution in [0, 0.1) is 12.7 Å². The number of benzene rings is 4. The van der Waals surface area contributed by atoms with Crippen LogP contribution in [0.15, 0.2) is 114 Å². The van der Waals surface area contributed by atoms with Gasteiger partial charge in [0.25, 0.3) is 10.0 Å². The number of rotatable bonds is 13. The first-order chi connectivity index (χ1) is 21.1. The van der Waals surface area contributed by atoms with Gasteiger partial charge < -0.3 is 10.2 Å².